The lowest BCUT2D eigenvalue weighted by atomic mass is 9.92. The van der Waals surface area contributed by atoms with Crippen molar-refractivity contribution in [2.45, 2.75) is 33.2 Å². The Hall–Kier alpha value is -1.62. The minimum atomic E-state index is 0.696. The van der Waals surface area contributed by atoms with Crippen LogP contribution in [0, 0.1) is 11.8 Å². The maximum absolute atomic E-state index is 4.30. The zero-order valence-electron chi connectivity index (χ0n) is 14.8. The van der Waals surface area contributed by atoms with Crippen LogP contribution in [-0.4, -0.2) is 49.1 Å². The van der Waals surface area contributed by atoms with E-state index in [4.69, 9.17) is 0 Å². The second kappa shape index (κ2) is 9.50. The summed E-state index contributed by atoms with van der Waals surface area (Å²) in [4.78, 5) is 11.2. The summed E-state index contributed by atoms with van der Waals surface area (Å²) in [6, 6.07) is 5.94. The minimum Gasteiger partial charge on any atom is -0.356 e. The molecule has 2 heterocycles. The number of nitrogens with one attached hydrogen (secondary N) is 2. The molecular weight excluding hydrogens is 286 g/mol. The van der Waals surface area contributed by atoms with E-state index >= 15 is 0 Å². The number of rotatable bonds is 6. The van der Waals surface area contributed by atoms with Gasteiger partial charge in [0.25, 0.3) is 0 Å². The molecule has 2 atom stereocenters. The second-order valence-electron chi connectivity index (χ2n) is 6.73. The largest absolute Gasteiger partial charge is 0.356 e. The fraction of sp³-hybridized carbons (Fsp3) is 0.667. The molecule has 0 amide bonds. The number of nitrogens with zero attached hydrogens (tertiary/aromatic N) is 3. The van der Waals surface area contributed by atoms with Crippen LogP contribution < -0.4 is 10.6 Å². The molecule has 2 unspecified atom stereocenters. The van der Waals surface area contributed by atoms with Gasteiger partial charge >= 0.3 is 0 Å². The summed E-state index contributed by atoms with van der Waals surface area (Å²) in [5.74, 6) is 2.51. The number of hydrogen-bond acceptors (Lipinski definition) is 3. The van der Waals surface area contributed by atoms with Gasteiger partial charge in [0.1, 0.15) is 0 Å². The third kappa shape index (κ3) is 6.57. The molecule has 0 bridgehead atoms. The highest BCUT2D eigenvalue weighted by atomic mass is 15.2. The highest BCUT2D eigenvalue weighted by Crippen LogP contribution is 2.20. The van der Waals surface area contributed by atoms with E-state index in [0.717, 1.165) is 36.5 Å². The molecule has 1 fully saturated rings. The maximum atomic E-state index is 4.30. The number of pyridine rings is 1. The van der Waals surface area contributed by atoms with Gasteiger partial charge in [0, 0.05) is 32.9 Å². The van der Waals surface area contributed by atoms with Crippen molar-refractivity contribution in [2.24, 2.45) is 16.8 Å². The molecule has 0 saturated carbocycles. The summed E-state index contributed by atoms with van der Waals surface area (Å²) in [5.41, 5.74) is 1.02. The summed E-state index contributed by atoms with van der Waals surface area (Å²) in [6.45, 7) is 10.0. The molecule has 5 nitrogen and oxygen atoms in total. The summed E-state index contributed by atoms with van der Waals surface area (Å²) < 4.78 is 0. The van der Waals surface area contributed by atoms with E-state index in [0.29, 0.717) is 6.54 Å². The van der Waals surface area contributed by atoms with E-state index < -0.39 is 0 Å². The highest BCUT2D eigenvalue weighted by Gasteiger charge is 2.20. The van der Waals surface area contributed by atoms with E-state index in [-0.39, 0.29) is 0 Å². The van der Waals surface area contributed by atoms with E-state index in [1.54, 1.807) is 0 Å². The smallest absolute Gasteiger partial charge is 0.191 e. The minimum absolute atomic E-state index is 0.696. The van der Waals surface area contributed by atoms with Crippen LogP contribution in [0.4, 0.5) is 0 Å². The monoisotopic (exact) mass is 317 g/mol. The lowest BCUT2D eigenvalue weighted by Gasteiger charge is -2.35. The van der Waals surface area contributed by atoms with Crippen molar-refractivity contribution in [3.63, 3.8) is 0 Å². The van der Waals surface area contributed by atoms with E-state index in [2.05, 4.69) is 39.4 Å². The molecule has 1 aliphatic rings. The number of aliphatic imine (C=N–C) groups is 1. The van der Waals surface area contributed by atoms with Gasteiger partial charge in [-0.1, -0.05) is 19.9 Å². The first kappa shape index (κ1) is 17.7. The van der Waals surface area contributed by atoms with E-state index in [1.807, 2.05) is 31.4 Å². The predicted molar refractivity (Wildman–Crippen MR) is 96.4 cm³/mol. The lowest BCUT2D eigenvalue weighted by Crippen LogP contribution is -2.41. The first-order chi connectivity index (χ1) is 11.2. The average molecular weight is 317 g/mol. The standard InChI is InChI=1S/C18H31N5/c1-15-11-16(2)14-23(13-15)10-6-9-21-18(19-3)22-12-17-7-4-5-8-20-17/h4-5,7-8,15-16H,6,9-14H2,1-3H3,(H2,19,21,22). The summed E-state index contributed by atoms with van der Waals surface area (Å²) in [6.07, 6.45) is 4.33. The van der Waals surface area contributed by atoms with Crippen molar-refractivity contribution in [1.29, 1.82) is 0 Å². The van der Waals surface area contributed by atoms with Gasteiger partial charge in [-0.2, -0.15) is 0 Å². The Labute approximate surface area is 140 Å². The summed E-state index contributed by atoms with van der Waals surface area (Å²) in [5, 5.41) is 6.69. The van der Waals surface area contributed by atoms with Crippen molar-refractivity contribution in [1.82, 2.24) is 20.5 Å². The molecule has 23 heavy (non-hydrogen) atoms. The number of guanidine groups is 1. The molecule has 0 aromatic carbocycles. The van der Waals surface area contributed by atoms with Gasteiger partial charge in [0.05, 0.1) is 12.2 Å². The molecule has 0 spiro atoms. The van der Waals surface area contributed by atoms with Crippen molar-refractivity contribution in [3.8, 4) is 0 Å². The van der Waals surface area contributed by atoms with Crippen LogP contribution in [0.3, 0.4) is 0 Å². The van der Waals surface area contributed by atoms with Crippen molar-refractivity contribution in [2.75, 3.05) is 33.2 Å². The van der Waals surface area contributed by atoms with Crippen LogP contribution >= 0.6 is 0 Å². The van der Waals surface area contributed by atoms with Crippen molar-refractivity contribution < 1.29 is 0 Å². The SMILES string of the molecule is CN=C(NCCCN1CC(C)CC(C)C1)NCc1ccccn1. The van der Waals surface area contributed by atoms with Crippen LogP contribution in [0.5, 0.6) is 0 Å². The Kier molecular flexibility index (Phi) is 7.33. The van der Waals surface area contributed by atoms with Crippen LogP contribution in [0.15, 0.2) is 29.4 Å². The first-order valence-corrected chi connectivity index (χ1v) is 8.74. The molecule has 2 rings (SSSR count). The van der Waals surface area contributed by atoms with Gasteiger partial charge < -0.3 is 15.5 Å². The van der Waals surface area contributed by atoms with Gasteiger partial charge in [0.2, 0.25) is 0 Å². The summed E-state index contributed by atoms with van der Waals surface area (Å²) >= 11 is 0. The molecule has 0 aliphatic carbocycles. The molecule has 128 valence electrons. The van der Waals surface area contributed by atoms with Gasteiger partial charge in [-0.25, -0.2) is 0 Å². The number of likely N-dealkylation sites (tertiary alicyclic amines) is 1. The Morgan fingerprint density at radius 2 is 2.04 bits per heavy atom. The molecule has 0 radical (unpaired) electrons. The van der Waals surface area contributed by atoms with Crippen LogP contribution in [-0.2, 0) is 6.54 Å². The van der Waals surface area contributed by atoms with Crippen LogP contribution in [0.1, 0.15) is 32.4 Å². The predicted octanol–water partition coefficient (Wildman–Crippen LogP) is 2.11. The molecule has 1 aliphatic heterocycles. The Balaban J connectivity index is 1.62. The van der Waals surface area contributed by atoms with E-state index in [1.165, 1.54) is 26.1 Å². The number of piperidine rings is 1. The lowest BCUT2D eigenvalue weighted by molar-refractivity contribution is 0.140. The Bertz CT molecular complexity index is 464. The van der Waals surface area contributed by atoms with Crippen LogP contribution in [0.25, 0.3) is 0 Å². The van der Waals surface area contributed by atoms with E-state index in [9.17, 15) is 0 Å². The highest BCUT2D eigenvalue weighted by molar-refractivity contribution is 5.79. The van der Waals surface area contributed by atoms with Gasteiger partial charge in [0.15, 0.2) is 5.96 Å². The average Bonchev–Trinajstić information content (AvgIpc) is 2.54. The quantitative estimate of drug-likeness (QED) is 0.479. The van der Waals surface area contributed by atoms with Gasteiger partial charge in [-0.15, -0.1) is 0 Å². The molecule has 2 N–H and O–H groups in total. The zero-order chi connectivity index (χ0) is 16.5. The molecule has 5 heteroatoms. The number of aromatic nitrogens is 1. The fourth-order valence-electron chi connectivity index (χ4n) is 3.38. The summed E-state index contributed by atoms with van der Waals surface area (Å²) in [7, 11) is 1.81. The van der Waals surface area contributed by atoms with Crippen molar-refractivity contribution in [3.05, 3.63) is 30.1 Å². The third-order valence-electron chi connectivity index (χ3n) is 4.27. The normalized spacial score (nSPS) is 22.8. The first-order valence-electron chi connectivity index (χ1n) is 8.74. The molecule has 1 saturated heterocycles. The topological polar surface area (TPSA) is 52.6 Å². The van der Waals surface area contributed by atoms with Gasteiger partial charge in [-0.05, 0) is 43.4 Å². The van der Waals surface area contributed by atoms with Crippen molar-refractivity contribution >= 4 is 5.96 Å². The second-order valence-corrected chi connectivity index (χ2v) is 6.73. The fourth-order valence-corrected chi connectivity index (χ4v) is 3.38. The molecule has 1 aromatic heterocycles. The zero-order valence-corrected chi connectivity index (χ0v) is 14.8. The number of hydrogen-bond donors (Lipinski definition) is 2. The Morgan fingerprint density at radius 3 is 2.70 bits per heavy atom. The van der Waals surface area contributed by atoms with Crippen LogP contribution in [0.2, 0.25) is 0 Å². The van der Waals surface area contributed by atoms with Gasteiger partial charge in [-0.3, -0.25) is 9.98 Å². The maximum Gasteiger partial charge on any atom is 0.191 e. The molecular formula is C18H31N5. The molecule has 1 aromatic rings. The third-order valence-corrected chi connectivity index (χ3v) is 4.27. The Morgan fingerprint density at radius 1 is 1.26 bits per heavy atom.